The molecule has 0 radical (unpaired) electrons. The molecule has 7 heteroatoms. The highest BCUT2D eigenvalue weighted by atomic mass is 19.1. The van der Waals surface area contributed by atoms with Crippen molar-refractivity contribution >= 4 is 33.5 Å². The Hall–Kier alpha value is -3.74. The number of hydrogen-bond donors (Lipinski definition) is 3. The van der Waals surface area contributed by atoms with Crippen LogP contribution in [0.5, 0.6) is 0 Å². The van der Waals surface area contributed by atoms with Gasteiger partial charge in [-0.05, 0) is 62.6 Å². The van der Waals surface area contributed by atoms with Crippen molar-refractivity contribution in [2.24, 2.45) is 0 Å². The number of anilines is 1. The van der Waals surface area contributed by atoms with Gasteiger partial charge in [0.1, 0.15) is 11.6 Å². The van der Waals surface area contributed by atoms with Crippen LogP contribution in [0.2, 0.25) is 0 Å². The molecule has 2 aromatic heterocycles. The zero-order valence-corrected chi connectivity index (χ0v) is 21.2. The minimum Gasteiger partial charge on any atom is -0.367 e. The van der Waals surface area contributed by atoms with Crippen LogP contribution in [-0.2, 0) is 5.54 Å². The first-order chi connectivity index (χ1) is 17.3. The number of halogens is 1. The molecule has 4 aromatic rings. The van der Waals surface area contributed by atoms with Crippen molar-refractivity contribution in [3.8, 4) is 0 Å². The SMILES string of the molecule is CC.CC(C)(NC(=O)c1cc2[nH]c3ccccc3c(=O)c2cc1F)c1ccc(NC2CCCC2)nc1. The molecule has 0 bridgehead atoms. The summed E-state index contributed by atoms with van der Waals surface area (Å²) in [4.78, 5) is 33.5. The van der Waals surface area contributed by atoms with Crippen molar-refractivity contribution in [1.82, 2.24) is 15.3 Å². The van der Waals surface area contributed by atoms with Gasteiger partial charge < -0.3 is 15.6 Å². The molecule has 0 saturated heterocycles. The van der Waals surface area contributed by atoms with Crippen LogP contribution in [0.1, 0.15) is 69.3 Å². The van der Waals surface area contributed by atoms with Crippen molar-refractivity contribution in [1.29, 1.82) is 0 Å². The van der Waals surface area contributed by atoms with E-state index in [1.54, 1.807) is 24.4 Å². The summed E-state index contributed by atoms with van der Waals surface area (Å²) in [5.41, 5.74) is 0.673. The third-order valence-corrected chi connectivity index (χ3v) is 6.66. The van der Waals surface area contributed by atoms with Gasteiger partial charge in [-0.15, -0.1) is 0 Å². The first-order valence-electron chi connectivity index (χ1n) is 12.6. The van der Waals surface area contributed by atoms with Crippen LogP contribution in [0.4, 0.5) is 10.2 Å². The molecule has 0 atom stereocenters. The summed E-state index contributed by atoms with van der Waals surface area (Å²) < 4.78 is 14.9. The van der Waals surface area contributed by atoms with Crippen molar-refractivity contribution in [2.75, 3.05) is 5.32 Å². The van der Waals surface area contributed by atoms with Gasteiger partial charge in [-0.3, -0.25) is 9.59 Å². The standard InChI is InChI=1S/C27H27FN4O2.C2H6/c1-27(2,16-11-12-24(29-15-16)30-17-7-3-4-8-17)32-26(34)19-14-23-20(13-21(19)28)25(33)18-9-5-6-10-22(18)31-23;1-2/h5-6,9-15,17H,3-4,7-8H2,1-2H3,(H,29,30)(H,31,33)(H,32,34);1-2H3. The van der Waals surface area contributed by atoms with Crippen LogP contribution in [0.25, 0.3) is 21.8 Å². The molecule has 2 aromatic carbocycles. The number of aromatic amines is 1. The van der Waals surface area contributed by atoms with Crippen LogP contribution < -0.4 is 16.1 Å². The van der Waals surface area contributed by atoms with Crippen LogP contribution in [-0.4, -0.2) is 21.9 Å². The highest BCUT2D eigenvalue weighted by Gasteiger charge is 2.26. The molecule has 1 aliphatic carbocycles. The van der Waals surface area contributed by atoms with Gasteiger partial charge in [-0.25, -0.2) is 9.37 Å². The second kappa shape index (κ2) is 10.5. The van der Waals surface area contributed by atoms with E-state index >= 15 is 0 Å². The van der Waals surface area contributed by atoms with Gasteiger partial charge in [0.15, 0.2) is 5.43 Å². The van der Waals surface area contributed by atoms with E-state index < -0.39 is 17.3 Å². The summed E-state index contributed by atoms with van der Waals surface area (Å²) in [5, 5.41) is 7.05. The number of rotatable bonds is 5. The maximum Gasteiger partial charge on any atom is 0.255 e. The fourth-order valence-corrected chi connectivity index (χ4v) is 4.67. The van der Waals surface area contributed by atoms with E-state index in [9.17, 15) is 14.0 Å². The molecule has 2 heterocycles. The van der Waals surface area contributed by atoms with Crippen molar-refractivity contribution in [3.63, 3.8) is 0 Å². The van der Waals surface area contributed by atoms with Crippen LogP contribution in [0.15, 0.2) is 59.5 Å². The summed E-state index contributed by atoms with van der Waals surface area (Å²) in [7, 11) is 0. The lowest BCUT2D eigenvalue weighted by Gasteiger charge is -2.27. The number of benzene rings is 2. The number of H-pyrrole nitrogens is 1. The van der Waals surface area contributed by atoms with Gasteiger partial charge >= 0.3 is 0 Å². The number of nitrogens with one attached hydrogen (secondary N) is 3. The van der Waals surface area contributed by atoms with Crippen molar-refractivity contribution < 1.29 is 9.18 Å². The Labute approximate surface area is 210 Å². The number of carbonyl (C=O) groups is 1. The molecule has 5 rings (SSSR count). The molecular weight excluding hydrogens is 455 g/mol. The minimum absolute atomic E-state index is 0.126. The molecule has 1 amide bonds. The van der Waals surface area contributed by atoms with Gasteiger partial charge in [0.25, 0.3) is 5.91 Å². The Morgan fingerprint density at radius 2 is 1.75 bits per heavy atom. The Kier molecular flexibility index (Phi) is 7.38. The van der Waals surface area contributed by atoms with E-state index in [4.69, 9.17) is 0 Å². The molecule has 36 heavy (non-hydrogen) atoms. The normalized spacial score (nSPS) is 13.9. The topological polar surface area (TPSA) is 86.9 Å². The van der Waals surface area contributed by atoms with E-state index in [0.717, 1.165) is 30.3 Å². The molecule has 6 nitrogen and oxygen atoms in total. The molecule has 1 aliphatic rings. The quantitative estimate of drug-likeness (QED) is 0.289. The number of pyridine rings is 2. The fraction of sp³-hybridized carbons (Fsp3) is 0.345. The third-order valence-electron chi connectivity index (χ3n) is 6.66. The molecule has 0 spiro atoms. The number of carbonyl (C=O) groups excluding carboxylic acids is 1. The maximum atomic E-state index is 14.9. The van der Waals surface area contributed by atoms with E-state index in [2.05, 4.69) is 20.6 Å². The van der Waals surface area contributed by atoms with E-state index in [1.165, 1.54) is 18.9 Å². The van der Waals surface area contributed by atoms with Crippen molar-refractivity contribution in [3.05, 3.63) is 81.9 Å². The zero-order chi connectivity index (χ0) is 25.9. The Bertz CT molecular complexity index is 1440. The lowest BCUT2D eigenvalue weighted by molar-refractivity contribution is 0.0908. The summed E-state index contributed by atoms with van der Waals surface area (Å²) in [6.07, 6.45) is 6.53. The van der Waals surface area contributed by atoms with Gasteiger partial charge in [0, 0.05) is 28.5 Å². The average molecular weight is 489 g/mol. The van der Waals surface area contributed by atoms with Crippen LogP contribution in [0.3, 0.4) is 0 Å². The molecule has 3 N–H and O–H groups in total. The smallest absolute Gasteiger partial charge is 0.255 e. The summed E-state index contributed by atoms with van der Waals surface area (Å²) >= 11 is 0. The van der Waals surface area contributed by atoms with Crippen LogP contribution >= 0.6 is 0 Å². The second-order valence-electron chi connectivity index (χ2n) is 9.51. The molecule has 188 valence electrons. The zero-order valence-electron chi connectivity index (χ0n) is 21.2. The number of para-hydroxylation sites is 1. The number of hydrogen-bond acceptors (Lipinski definition) is 4. The lowest BCUT2D eigenvalue weighted by atomic mass is 9.95. The molecule has 1 fully saturated rings. The molecular formula is C29H33FN4O2. The number of nitrogens with zero attached hydrogens (tertiary/aromatic N) is 1. The summed E-state index contributed by atoms with van der Waals surface area (Å²) in [6.45, 7) is 7.70. The monoisotopic (exact) mass is 488 g/mol. The summed E-state index contributed by atoms with van der Waals surface area (Å²) in [5.74, 6) is -0.489. The highest BCUT2D eigenvalue weighted by Crippen LogP contribution is 2.25. The summed E-state index contributed by atoms with van der Waals surface area (Å²) in [6, 6.07) is 13.9. The average Bonchev–Trinajstić information content (AvgIpc) is 3.39. The van der Waals surface area contributed by atoms with Crippen molar-refractivity contribution in [2.45, 2.75) is 65.0 Å². The molecule has 1 saturated carbocycles. The minimum atomic E-state index is -0.784. The Morgan fingerprint density at radius 1 is 1.03 bits per heavy atom. The molecule has 0 aliphatic heterocycles. The largest absolute Gasteiger partial charge is 0.367 e. The fourth-order valence-electron chi connectivity index (χ4n) is 4.67. The lowest BCUT2D eigenvalue weighted by Crippen LogP contribution is -2.41. The van der Waals surface area contributed by atoms with Gasteiger partial charge in [0.2, 0.25) is 0 Å². The van der Waals surface area contributed by atoms with E-state index in [1.807, 2.05) is 45.9 Å². The van der Waals surface area contributed by atoms with Crippen LogP contribution in [0, 0.1) is 5.82 Å². The van der Waals surface area contributed by atoms with Gasteiger partial charge in [0.05, 0.1) is 16.6 Å². The van der Waals surface area contributed by atoms with Gasteiger partial charge in [-0.2, -0.15) is 0 Å². The maximum absolute atomic E-state index is 14.9. The number of fused-ring (bicyclic) bond motifs is 2. The predicted molar refractivity (Wildman–Crippen MR) is 144 cm³/mol. The predicted octanol–water partition coefficient (Wildman–Crippen LogP) is 6.26. The van der Waals surface area contributed by atoms with E-state index in [0.29, 0.717) is 22.5 Å². The first-order valence-corrected chi connectivity index (χ1v) is 12.6. The highest BCUT2D eigenvalue weighted by molar-refractivity contribution is 6.00. The number of aromatic nitrogens is 2. The second-order valence-corrected chi connectivity index (χ2v) is 9.51. The van der Waals surface area contributed by atoms with E-state index in [-0.39, 0.29) is 16.4 Å². The van der Waals surface area contributed by atoms with Gasteiger partial charge in [-0.1, -0.05) is 44.9 Å². The Balaban J connectivity index is 0.00000148. The Morgan fingerprint density at radius 3 is 2.44 bits per heavy atom. The number of amides is 1. The third kappa shape index (κ3) is 5.10. The molecule has 0 unspecified atom stereocenters. The first kappa shape index (κ1) is 25.4.